The number of rotatable bonds is 6. The molecule has 170 valence electrons. The van der Waals surface area contributed by atoms with Crippen LogP contribution in [0.4, 0.5) is 0 Å². The lowest BCUT2D eigenvalue weighted by atomic mass is 9.51. The van der Waals surface area contributed by atoms with Crippen LogP contribution in [0.5, 0.6) is 0 Å². The van der Waals surface area contributed by atoms with Gasteiger partial charge in [-0.3, -0.25) is 18.6 Å². The Kier molecular flexibility index (Phi) is 6.50. The van der Waals surface area contributed by atoms with Crippen LogP contribution >= 0.6 is 0 Å². The standard InChI is InChI=1S/C22H34O7S/c1-14(23)29-15-7-10-22(3,20(25)13-15)18-8-11-21(2)17(5-6-19(21)24)16(18)9-12-28-30(4,26)27/h15-18H,5-13H2,1-4H3. The second-order valence-electron chi connectivity index (χ2n) is 9.92. The number of carbonyl (C=O) groups excluding carboxylic acids is 3. The summed E-state index contributed by atoms with van der Waals surface area (Å²) >= 11 is 0. The van der Waals surface area contributed by atoms with E-state index in [0.29, 0.717) is 25.7 Å². The van der Waals surface area contributed by atoms with E-state index in [9.17, 15) is 22.8 Å². The monoisotopic (exact) mass is 442 g/mol. The Balaban J connectivity index is 1.83. The summed E-state index contributed by atoms with van der Waals surface area (Å²) in [7, 11) is -3.54. The van der Waals surface area contributed by atoms with Crippen molar-refractivity contribution in [3.8, 4) is 0 Å². The van der Waals surface area contributed by atoms with E-state index in [0.717, 1.165) is 25.5 Å². The molecule has 0 N–H and O–H groups in total. The molecule has 0 heterocycles. The van der Waals surface area contributed by atoms with Crippen LogP contribution in [0.15, 0.2) is 0 Å². The molecule has 3 aliphatic carbocycles. The predicted molar refractivity (Wildman–Crippen MR) is 110 cm³/mol. The molecule has 3 fully saturated rings. The summed E-state index contributed by atoms with van der Waals surface area (Å²) < 4.78 is 33.3. The predicted octanol–water partition coefficient (Wildman–Crippen LogP) is 3.06. The van der Waals surface area contributed by atoms with Gasteiger partial charge in [0.1, 0.15) is 17.7 Å². The van der Waals surface area contributed by atoms with E-state index in [1.54, 1.807) is 0 Å². The largest absolute Gasteiger partial charge is 0.462 e. The van der Waals surface area contributed by atoms with E-state index in [-0.39, 0.29) is 59.8 Å². The Labute approximate surface area is 179 Å². The average Bonchev–Trinajstić information content (AvgIpc) is 2.92. The van der Waals surface area contributed by atoms with Gasteiger partial charge in [-0.05, 0) is 56.3 Å². The van der Waals surface area contributed by atoms with Gasteiger partial charge >= 0.3 is 5.97 Å². The molecule has 6 unspecified atom stereocenters. The molecule has 0 aromatic carbocycles. The molecule has 8 heteroatoms. The second kappa shape index (κ2) is 8.34. The number of Topliss-reactive ketones (excluding diaryl/α,β-unsaturated/α-hetero) is 2. The van der Waals surface area contributed by atoms with Gasteiger partial charge in [-0.15, -0.1) is 0 Å². The Hall–Kier alpha value is -1.28. The molecule has 3 rings (SSSR count). The summed E-state index contributed by atoms with van der Waals surface area (Å²) in [6.07, 6.45) is 5.56. The van der Waals surface area contributed by atoms with Crippen LogP contribution < -0.4 is 0 Å². The minimum atomic E-state index is -3.54. The number of ketones is 2. The van der Waals surface area contributed by atoms with Crippen LogP contribution in [-0.2, 0) is 33.4 Å². The summed E-state index contributed by atoms with van der Waals surface area (Å²) in [5, 5.41) is 0. The van der Waals surface area contributed by atoms with Crippen molar-refractivity contribution in [2.24, 2.45) is 28.6 Å². The van der Waals surface area contributed by atoms with Crippen molar-refractivity contribution in [1.29, 1.82) is 0 Å². The molecule has 0 saturated heterocycles. The van der Waals surface area contributed by atoms with Crippen LogP contribution in [0.1, 0.15) is 72.1 Å². The fraction of sp³-hybridized carbons (Fsp3) is 0.864. The quantitative estimate of drug-likeness (QED) is 0.460. The maximum absolute atomic E-state index is 13.2. The van der Waals surface area contributed by atoms with Crippen molar-refractivity contribution in [3.05, 3.63) is 0 Å². The molecule has 6 atom stereocenters. The van der Waals surface area contributed by atoms with Crippen molar-refractivity contribution >= 4 is 27.7 Å². The molecule has 0 aromatic rings. The van der Waals surface area contributed by atoms with Crippen molar-refractivity contribution in [3.63, 3.8) is 0 Å². The highest BCUT2D eigenvalue weighted by molar-refractivity contribution is 7.85. The SMILES string of the molecule is CC(=O)OC1CCC(C)(C2CCC3(C)C(=O)CCC3C2CCOS(C)(=O)=O)C(=O)C1. The smallest absolute Gasteiger partial charge is 0.302 e. The first-order chi connectivity index (χ1) is 13.9. The summed E-state index contributed by atoms with van der Waals surface area (Å²) in [5.74, 6) is 0.279. The molecular formula is C22H34O7S. The van der Waals surface area contributed by atoms with E-state index < -0.39 is 15.5 Å². The van der Waals surface area contributed by atoms with Gasteiger partial charge in [-0.25, -0.2) is 0 Å². The number of fused-ring (bicyclic) bond motifs is 1. The van der Waals surface area contributed by atoms with Gasteiger partial charge in [-0.2, -0.15) is 8.42 Å². The van der Waals surface area contributed by atoms with E-state index in [4.69, 9.17) is 8.92 Å². The molecule has 7 nitrogen and oxygen atoms in total. The summed E-state index contributed by atoms with van der Waals surface area (Å²) in [4.78, 5) is 37.2. The zero-order chi connectivity index (χ0) is 22.3. The summed E-state index contributed by atoms with van der Waals surface area (Å²) in [5.41, 5.74) is -0.944. The Bertz CT molecular complexity index is 819. The lowest BCUT2D eigenvalue weighted by Gasteiger charge is -2.52. The number of hydrogen-bond acceptors (Lipinski definition) is 7. The van der Waals surface area contributed by atoms with Gasteiger partial charge in [0.05, 0.1) is 12.9 Å². The van der Waals surface area contributed by atoms with Gasteiger partial charge in [0.25, 0.3) is 10.1 Å². The summed E-state index contributed by atoms with van der Waals surface area (Å²) in [6, 6.07) is 0. The molecule has 0 amide bonds. The molecule has 3 aliphatic rings. The molecule has 0 bridgehead atoms. The lowest BCUT2D eigenvalue weighted by Crippen LogP contribution is -2.52. The highest BCUT2D eigenvalue weighted by Gasteiger charge is 2.58. The van der Waals surface area contributed by atoms with Crippen LogP contribution in [0, 0.1) is 28.6 Å². The van der Waals surface area contributed by atoms with Gasteiger partial charge in [0.2, 0.25) is 0 Å². The number of hydrogen-bond donors (Lipinski definition) is 0. The number of carbonyl (C=O) groups is 3. The third-order valence-corrected chi connectivity index (χ3v) is 8.68. The van der Waals surface area contributed by atoms with Gasteiger partial charge < -0.3 is 4.74 Å². The fourth-order valence-electron chi connectivity index (χ4n) is 6.46. The van der Waals surface area contributed by atoms with Crippen LogP contribution in [0.25, 0.3) is 0 Å². The van der Waals surface area contributed by atoms with Crippen molar-refractivity contribution in [1.82, 2.24) is 0 Å². The zero-order valence-electron chi connectivity index (χ0n) is 18.4. The van der Waals surface area contributed by atoms with E-state index in [2.05, 4.69) is 0 Å². The van der Waals surface area contributed by atoms with E-state index in [1.165, 1.54) is 6.92 Å². The molecule has 3 saturated carbocycles. The third kappa shape index (κ3) is 4.49. The Morgan fingerprint density at radius 1 is 1.03 bits per heavy atom. The molecule has 0 aromatic heterocycles. The fourth-order valence-corrected chi connectivity index (χ4v) is 6.86. The van der Waals surface area contributed by atoms with Crippen molar-refractivity contribution < 1.29 is 31.7 Å². The van der Waals surface area contributed by atoms with Gasteiger partial charge in [0, 0.05) is 30.6 Å². The maximum Gasteiger partial charge on any atom is 0.302 e. The normalized spacial score (nSPS) is 39.6. The second-order valence-corrected chi connectivity index (χ2v) is 11.6. The molecule has 30 heavy (non-hydrogen) atoms. The van der Waals surface area contributed by atoms with Crippen molar-refractivity contribution in [2.45, 2.75) is 78.2 Å². The summed E-state index contributed by atoms with van der Waals surface area (Å²) in [6.45, 7) is 5.47. The number of ether oxygens (including phenoxy) is 1. The van der Waals surface area contributed by atoms with E-state index in [1.807, 2.05) is 13.8 Å². The zero-order valence-corrected chi connectivity index (χ0v) is 19.3. The Morgan fingerprint density at radius 3 is 2.23 bits per heavy atom. The molecular weight excluding hydrogens is 408 g/mol. The highest BCUT2D eigenvalue weighted by Crippen LogP contribution is 2.60. The van der Waals surface area contributed by atoms with Crippen LogP contribution in [0.3, 0.4) is 0 Å². The minimum Gasteiger partial charge on any atom is -0.462 e. The highest BCUT2D eigenvalue weighted by atomic mass is 32.2. The maximum atomic E-state index is 13.2. The topological polar surface area (TPSA) is 104 Å². The number of esters is 1. The first kappa shape index (κ1) is 23.4. The van der Waals surface area contributed by atoms with Gasteiger partial charge in [-0.1, -0.05) is 13.8 Å². The minimum absolute atomic E-state index is 0.0520. The molecule has 0 radical (unpaired) electrons. The third-order valence-electron chi connectivity index (χ3n) is 8.08. The first-order valence-electron chi connectivity index (χ1n) is 10.9. The van der Waals surface area contributed by atoms with E-state index >= 15 is 0 Å². The molecule has 0 aliphatic heterocycles. The average molecular weight is 443 g/mol. The van der Waals surface area contributed by atoms with Crippen LogP contribution in [0.2, 0.25) is 0 Å². The van der Waals surface area contributed by atoms with Crippen LogP contribution in [-0.4, -0.2) is 44.9 Å². The van der Waals surface area contributed by atoms with Crippen molar-refractivity contribution in [2.75, 3.05) is 12.9 Å². The van der Waals surface area contributed by atoms with Gasteiger partial charge in [0.15, 0.2) is 0 Å². The molecule has 0 spiro atoms. The Morgan fingerprint density at radius 2 is 1.63 bits per heavy atom. The lowest BCUT2D eigenvalue weighted by molar-refractivity contribution is -0.157. The first-order valence-corrected chi connectivity index (χ1v) is 12.8.